The Balaban J connectivity index is 2.23. The first kappa shape index (κ1) is 13.6. The average molecular weight is 314 g/mol. The minimum absolute atomic E-state index is 0.641. The Labute approximate surface area is 117 Å². The van der Waals surface area contributed by atoms with Crippen molar-refractivity contribution in [1.82, 2.24) is 9.97 Å². The van der Waals surface area contributed by atoms with Gasteiger partial charge in [0.1, 0.15) is 12.1 Å². The van der Waals surface area contributed by atoms with Gasteiger partial charge in [0.2, 0.25) is 5.88 Å². The topological polar surface area (TPSA) is 38.3 Å². The Kier molecular flexibility index (Phi) is 4.80. The third-order valence-electron chi connectivity index (χ3n) is 3.52. The molecule has 18 heavy (non-hydrogen) atoms. The summed E-state index contributed by atoms with van der Waals surface area (Å²) in [6, 6.07) is 0.641. The lowest BCUT2D eigenvalue weighted by atomic mass is 9.91. The molecule has 0 aliphatic heterocycles. The van der Waals surface area contributed by atoms with Crippen molar-refractivity contribution in [3.05, 3.63) is 11.9 Å². The van der Waals surface area contributed by atoms with Crippen LogP contribution in [-0.2, 0) is 0 Å². The smallest absolute Gasteiger partial charge is 0.221 e. The number of nitrogens with zero attached hydrogens (tertiary/aromatic N) is 3. The van der Waals surface area contributed by atoms with Crippen molar-refractivity contribution in [2.24, 2.45) is 0 Å². The van der Waals surface area contributed by atoms with Gasteiger partial charge >= 0.3 is 0 Å². The molecule has 0 spiro atoms. The molecule has 0 unspecified atom stereocenters. The molecule has 1 saturated carbocycles. The number of aromatic nitrogens is 2. The average Bonchev–Trinajstić information content (AvgIpc) is 2.32. The number of hydrogen-bond acceptors (Lipinski definition) is 4. The van der Waals surface area contributed by atoms with Gasteiger partial charge in [0.05, 0.1) is 12.7 Å². The maximum atomic E-state index is 5.28. The molecule has 1 aromatic heterocycles. The van der Waals surface area contributed by atoms with Crippen LogP contribution in [0, 0.1) is 6.92 Å². The Morgan fingerprint density at radius 3 is 2.78 bits per heavy atom. The molecule has 4 nitrogen and oxygen atoms in total. The number of ether oxygens (including phenoxy) is 1. The van der Waals surface area contributed by atoms with E-state index in [-0.39, 0.29) is 0 Å². The van der Waals surface area contributed by atoms with E-state index in [1.165, 1.54) is 19.3 Å². The summed E-state index contributed by atoms with van der Waals surface area (Å²) in [5.74, 6) is 1.72. The van der Waals surface area contributed by atoms with Crippen LogP contribution in [0.2, 0.25) is 0 Å². The second kappa shape index (κ2) is 6.36. The molecular formula is C13H20BrN3O. The minimum Gasteiger partial charge on any atom is -0.481 e. The third kappa shape index (κ3) is 2.76. The lowest BCUT2D eigenvalue weighted by molar-refractivity contribution is 0.377. The van der Waals surface area contributed by atoms with E-state index in [9.17, 15) is 0 Å². The highest BCUT2D eigenvalue weighted by molar-refractivity contribution is 9.09. The minimum atomic E-state index is 0.641. The zero-order valence-corrected chi connectivity index (χ0v) is 12.6. The molecule has 0 aromatic carbocycles. The second-order valence-electron chi connectivity index (χ2n) is 4.65. The molecule has 1 fully saturated rings. The molecule has 0 bridgehead atoms. The number of methoxy groups -OCH3 is 1. The molecular weight excluding hydrogens is 294 g/mol. The van der Waals surface area contributed by atoms with Gasteiger partial charge < -0.3 is 9.64 Å². The zero-order chi connectivity index (χ0) is 13.0. The van der Waals surface area contributed by atoms with Crippen LogP contribution < -0.4 is 9.64 Å². The highest BCUT2D eigenvalue weighted by Crippen LogP contribution is 2.32. The lowest BCUT2D eigenvalue weighted by Gasteiger charge is -2.39. The van der Waals surface area contributed by atoms with Gasteiger partial charge in [0.15, 0.2) is 0 Å². The summed E-state index contributed by atoms with van der Waals surface area (Å²) in [5, 5.41) is 1.03. The summed E-state index contributed by atoms with van der Waals surface area (Å²) in [6.45, 7) is 3.07. The van der Waals surface area contributed by atoms with Crippen molar-refractivity contribution in [2.45, 2.75) is 38.6 Å². The van der Waals surface area contributed by atoms with Gasteiger partial charge in [-0.25, -0.2) is 9.97 Å². The van der Waals surface area contributed by atoms with E-state index < -0.39 is 0 Å². The van der Waals surface area contributed by atoms with Gasteiger partial charge in [-0.2, -0.15) is 0 Å². The first-order valence-corrected chi connectivity index (χ1v) is 7.58. The van der Waals surface area contributed by atoms with Crippen molar-refractivity contribution in [3.8, 4) is 5.88 Å². The quantitative estimate of drug-likeness (QED) is 0.757. The molecule has 0 atom stereocenters. The first-order valence-electron chi connectivity index (χ1n) is 6.46. The Morgan fingerprint density at radius 2 is 2.22 bits per heavy atom. The maximum absolute atomic E-state index is 5.28. The van der Waals surface area contributed by atoms with Crippen molar-refractivity contribution < 1.29 is 4.74 Å². The molecule has 1 aromatic rings. The van der Waals surface area contributed by atoms with Gasteiger partial charge in [-0.15, -0.1) is 0 Å². The van der Waals surface area contributed by atoms with E-state index in [1.54, 1.807) is 13.4 Å². The van der Waals surface area contributed by atoms with Gasteiger partial charge in [0.25, 0.3) is 0 Å². The normalized spacial score (nSPS) is 15.3. The van der Waals surface area contributed by atoms with Crippen LogP contribution >= 0.6 is 15.9 Å². The molecule has 1 aliphatic rings. The Hall–Kier alpha value is -0.840. The fourth-order valence-electron chi connectivity index (χ4n) is 2.31. The third-order valence-corrected chi connectivity index (χ3v) is 4.09. The molecule has 2 rings (SSSR count). The van der Waals surface area contributed by atoms with E-state index >= 15 is 0 Å². The van der Waals surface area contributed by atoms with Crippen LogP contribution in [0.15, 0.2) is 6.33 Å². The Bertz CT molecular complexity index is 396. The SMILES string of the molecule is COc1ncnc(N(CCCBr)C2CCC2)c1C. The fraction of sp³-hybridized carbons (Fsp3) is 0.692. The lowest BCUT2D eigenvalue weighted by Crippen LogP contribution is -2.42. The summed E-state index contributed by atoms with van der Waals surface area (Å²) in [6.07, 6.45) is 6.60. The predicted molar refractivity (Wildman–Crippen MR) is 76.7 cm³/mol. The molecule has 0 amide bonds. The van der Waals surface area contributed by atoms with E-state index in [1.807, 2.05) is 6.92 Å². The van der Waals surface area contributed by atoms with Crippen LogP contribution in [0.1, 0.15) is 31.2 Å². The maximum Gasteiger partial charge on any atom is 0.221 e. The predicted octanol–water partition coefficient (Wildman–Crippen LogP) is 2.94. The molecule has 100 valence electrons. The summed E-state index contributed by atoms with van der Waals surface area (Å²) in [5.41, 5.74) is 1.04. The van der Waals surface area contributed by atoms with Crippen molar-refractivity contribution in [2.75, 3.05) is 23.9 Å². The van der Waals surface area contributed by atoms with Crippen LogP contribution in [0.3, 0.4) is 0 Å². The van der Waals surface area contributed by atoms with E-state index in [0.717, 1.165) is 29.7 Å². The Morgan fingerprint density at radius 1 is 1.44 bits per heavy atom. The molecule has 0 saturated heterocycles. The van der Waals surface area contributed by atoms with Crippen LogP contribution in [0.5, 0.6) is 5.88 Å². The number of anilines is 1. The van der Waals surface area contributed by atoms with Gasteiger partial charge in [0, 0.05) is 17.9 Å². The van der Waals surface area contributed by atoms with Gasteiger partial charge in [-0.1, -0.05) is 15.9 Å². The van der Waals surface area contributed by atoms with Crippen LogP contribution in [0.25, 0.3) is 0 Å². The highest BCUT2D eigenvalue weighted by Gasteiger charge is 2.27. The number of rotatable bonds is 6. The fourth-order valence-corrected chi connectivity index (χ4v) is 2.56. The summed E-state index contributed by atoms with van der Waals surface area (Å²) in [4.78, 5) is 11.0. The van der Waals surface area contributed by atoms with Gasteiger partial charge in [-0.3, -0.25) is 0 Å². The molecule has 0 N–H and O–H groups in total. The zero-order valence-electron chi connectivity index (χ0n) is 11.0. The largest absolute Gasteiger partial charge is 0.481 e. The van der Waals surface area contributed by atoms with Crippen molar-refractivity contribution >= 4 is 21.7 Å². The van der Waals surface area contributed by atoms with Crippen molar-refractivity contribution in [3.63, 3.8) is 0 Å². The first-order chi connectivity index (χ1) is 8.77. The van der Waals surface area contributed by atoms with Crippen LogP contribution in [0.4, 0.5) is 5.82 Å². The number of hydrogen-bond donors (Lipinski definition) is 0. The summed E-state index contributed by atoms with van der Waals surface area (Å²) in [7, 11) is 1.66. The summed E-state index contributed by atoms with van der Waals surface area (Å²) >= 11 is 3.50. The van der Waals surface area contributed by atoms with Gasteiger partial charge in [-0.05, 0) is 32.6 Å². The van der Waals surface area contributed by atoms with E-state index in [0.29, 0.717) is 11.9 Å². The van der Waals surface area contributed by atoms with Crippen molar-refractivity contribution in [1.29, 1.82) is 0 Å². The van der Waals surface area contributed by atoms with Crippen LogP contribution in [-0.4, -0.2) is 35.0 Å². The summed E-state index contributed by atoms with van der Waals surface area (Å²) < 4.78 is 5.28. The number of halogens is 1. The molecule has 0 radical (unpaired) electrons. The highest BCUT2D eigenvalue weighted by atomic mass is 79.9. The van der Waals surface area contributed by atoms with E-state index in [2.05, 4.69) is 30.8 Å². The second-order valence-corrected chi connectivity index (χ2v) is 5.45. The number of alkyl halides is 1. The monoisotopic (exact) mass is 313 g/mol. The molecule has 5 heteroatoms. The standard InChI is InChI=1S/C13H20BrN3O/c1-10-12(15-9-16-13(10)18-2)17(8-4-7-14)11-5-3-6-11/h9,11H,3-8H2,1-2H3. The molecule has 1 aliphatic carbocycles. The molecule has 1 heterocycles. The van der Waals surface area contributed by atoms with E-state index in [4.69, 9.17) is 4.74 Å².